The smallest absolute Gasteiger partial charge is 0.329 e. The molecule has 1 atom stereocenters. The van der Waals surface area contributed by atoms with E-state index in [1.165, 1.54) is 0 Å². The molecule has 2 heterocycles. The average Bonchev–Trinajstić information content (AvgIpc) is 2.95. The molecule has 22 heavy (non-hydrogen) atoms. The van der Waals surface area contributed by atoms with Gasteiger partial charge in [0.1, 0.15) is 0 Å². The van der Waals surface area contributed by atoms with Gasteiger partial charge in [-0.25, -0.2) is 4.79 Å². The monoisotopic (exact) mass is 310 g/mol. The fourth-order valence-electron chi connectivity index (χ4n) is 2.20. The van der Waals surface area contributed by atoms with Crippen molar-refractivity contribution >= 4 is 29.6 Å². The van der Waals surface area contributed by atoms with E-state index in [1.54, 1.807) is 0 Å². The molecule has 0 spiro atoms. The normalized spacial score (nSPS) is 19.5. The van der Waals surface area contributed by atoms with Crippen LogP contribution in [0.3, 0.4) is 0 Å². The standard InChI is InChI=1S/C13H14N2O7/c16-9-1-2-10(17)14(9)5-6-22-7-8(13(20)21)15-11(18)3-4-12(15)19/h1-2,8H,3-7H2,(H,20,21). The van der Waals surface area contributed by atoms with Gasteiger partial charge < -0.3 is 9.84 Å². The van der Waals surface area contributed by atoms with Crippen molar-refractivity contribution in [1.29, 1.82) is 0 Å². The number of hydrogen-bond donors (Lipinski definition) is 1. The van der Waals surface area contributed by atoms with Gasteiger partial charge in [-0.3, -0.25) is 29.0 Å². The highest BCUT2D eigenvalue weighted by Crippen LogP contribution is 2.16. The van der Waals surface area contributed by atoms with Crippen LogP contribution in [-0.2, 0) is 28.7 Å². The summed E-state index contributed by atoms with van der Waals surface area (Å²) in [6, 6.07) is -1.40. The first kappa shape index (κ1) is 15.8. The van der Waals surface area contributed by atoms with Crippen LogP contribution in [0.5, 0.6) is 0 Å². The molecule has 0 aliphatic carbocycles. The van der Waals surface area contributed by atoms with Crippen LogP contribution in [0.1, 0.15) is 12.8 Å². The summed E-state index contributed by atoms with van der Waals surface area (Å²) in [6.45, 7) is -0.505. The predicted octanol–water partition coefficient (Wildman–Crippen LogP) is -1.47. The lowest BCUT2D eigenvalue weighted by Gasteiger charge is -2.22. The Balaban J connectivity index is 1.84. The summed E-state index contributed by atoms with van der Waals surface area (Å²) in [5.74, 6) is -3.37. The Morgan fingerprint density at radius 2 is 1.68 bits per heavy atom. The van der Waals surface area contributed by atoms with E-state index in [4.69, 9.17) is 9.84 Å². The highest BCUT2D eigenvalue weighted by Gasteiger charge is 2.39. The van der Waals surface area contributed by atoms with Gasteiger partial charge >= 0.3 is 5.97 Å². The first-order valence-electron chi connectivity index (χ1n) is 6.61. The Morgan fingerprint density at radius 3 is 2.18 bits per heavy atom. The summed E-state index contributed by atoms with van der Waals surface area (Å²) in [5.41, 5.74) is 0. The van der Waals surface area contributed by atoms with Gasteiger partial charge in [0.05, 0.1) is 19.8 Å². The molecular weight excluding hydrogens is 296 g/mol. The van der Waals surface area contributed by atoms with Crippen LogP contribution in [0.25, 0.3) is 0 Å². The van der Waals surface area contributed by atoms with Gasteiger partial charge in [-0.1, -0.05) is 0 Å². The molecule has 1 unspecified atom stereocenters. The predicted molar refractivity (Wildman–Crippen MR) is 69.2 cm³/mol. The second-order valence-corrected chi connectivity index (χ2v) is 4.75. The molecule has 0 aromatic rings. The number of ether oxygens (including phenoxy) is 1. The number of aliphatic carboxylic acids is 1. The van der Waals surface area contributed by atoms with E-state index in [1.807, 2.05) is 0 Å². The van der Waals surface area contributed by atoms with Gasteiger partial charge in [0, 0.05) is 25.0 Å². The highest BCUT2D eigenvalue weighted by atomic mass is 16.5. The Labute approximate surface area is 125 Å². The molecule has 0 aromatic heterocycles. The number of amides is 4. The molecule has 0 saturated carbocycles. The van der Waals surface area contributed by atoms with Crippen LogP contribution in [0.4, 0.5) is 0 Å². The lowest BCUT2D eigenvalue weighted by Crippen LogP contribution is -2.47. The largest absolute Gasteiger partial charge is 0.480 e. The summed E-state index contributed by atoms with van der Waals surface area (Å²) in [4.78, 5) is 58.5. The molecule has 1 saturated heterocycles. The van der Waals surface area contributed by atoms with Crippen molar-refractivity contribution in [3.63, 3.8) is 0 Å². The van der Waals surface area contributed by atoms with Crippen LogP contribution in [0.2, 0.25) is 0 Å². The van der Waals surface area contributed by atoms with Crippen molar-refractivity contribution in [3.05, 3.63) is 12.2 Å². The maximum atomic E-state index is 11.5. The number of carbonyl (C=O) groups excluding carboxylic acids is 4. The van der Waals surface area contributed by atoms with Crippen molar-refractivity contribution < 1.29 is 33.8 Å². The maximum absolute atomic E-state index is 11.5. The quantitative estimate of drug-likeness (QED) is 0.450. The van der Waals surface area contributed by atoms with E-state index >= 15 is 0 Å². The Hall–Kier alpha value is -2.55. The van der Waals surface area contributed by atoms with Crippen LogP contribution < -0.4 is 0 Å². The van der Waals surface area contributed by atoms with Crippen molar-refractivity contribution in [3.8, 4) is 0 Å². The maximum Gasteiger partial charge on any atom is 0.329 e. The SMILES string of the molecule is O=C(O)C(COCCN1C(=O)C=CC1=O)N1C(=O)CCC1=O. The van der Waals surface area contributed by atoms with Crippen LogP contribution >= 0.6 is 0 Å². The van der Waals surface area contributed by atoms with Crippen LogP contribution in [-0.4, -0.2) is 70.3 Å². The van der Waals surface area contributed by atoms with Gasteiger partial charge in [-0.05, 0) is 0 Å². The summed E-state index contributed by atoms with van der Waals surface area (Å²) in [7, 11) is 0. The summed E-state index contributed by atoms with van der Waals surface area (Å²) in [5, 5.41) is 9.11. The van der Waals surface area contributed by atoms with Crippen molar-refractivity contribution in [2.75, 3.05) is 19.8 Å². The molecule has 9 heteroatoms. The second-order valence-electron chi connectivity index (χ2n) is 4.75. The van der Waals surface area contributed by atoms with Gasteiger partial charge in [0.25, 0.3) is 11.8 Å². The van der Waals surface area contributed by atoms with E-state index in [2.05, 4.69) is 0 Å². The molecule has 2 rings (SSSR count). The van der Waals surface area contributed by atoms with E-state index in [9.17, 15) is 24.0 Å². The Morgan fingerprint density at radius 1 is 1.14 bits per heavy atom. The van der Waals surface area contributed by atoms with Gasteiger partial charge in [-0.2, -0.15) is 0 Å². The number of nitrogens with zero attached hydrogens (tertiary/aromatic N) is 2. The van der Waals surface area contributed by atoms with Crippen molar-refractivity contribution in [1.82, 2.24) is 9.80 Å². The van der Waals surface area contributed by atoms with Gasteiger partial charge in [0.2, 0.25) is 11.8 Å². The molecule has 4 amide bonds. The number of rotatable bonds is 7. The summed E-state index contributed by atoms with van der Waals surface area (Å²) in [6.07, 6.45) is 2.24. The lowest BCUT2D eigenvalue weighted by molar-refractivity contribution is -0.157. The average molecular weight is 310 g/mol. The van der Waals surface area contributed by atoms with Crippen LogP contribution in [0, 0.1) is 0 Å². The third-order valence-corrected chi connectivity index (χ3v) is 3.32. The number of likely N-dealkylation sites (tertiary alicyclic amines) is 1. The molecule has 118 valence electrons. The molecule has 9 nitrogen and oxygen atoms in total. The van der Waals surface area contributed by atoms with Crippen LogP contribution in [0.15, 0.2) is 12.2 Å². The van der Waals surface area contributed by atoms with Gasteiger partial charge in [-0.15, -0.1) is 0 Å². The molecular formula is C13H14N2O7. The van der Waals surface area contributed by atoms with E-state index in [0.29, 0.717) is 4.90 Å². The number of carboxylic acid groups (broad SMARTS) is 1. The number of carbonyl (C=O) groups is 5. The van der Waals surface area contributed by atoms with Crippen molar-refractivity contribution in [2.45, 2.75) is 18.9 Å². The minimum atomic E-state index is -1.40. The fraction of sp³-hybridized carbons (Fsp3) is 0.462. The topological polar surface area (TPSA) is 121 Å². The summed E-state index contributed by atoms with van der Waals surface area (Å²) < 4.78 is 5.12. The van der Waals surface area contributed by atoms with E-state index in [0.717, 1.165) is 17.1 Å². The number of carboxylic acids is 1. The number of hydrogen-bond acceptors (Lipinski definition) is 6. The second kappa shape index (κ2) is 6.48. The molecule has 0 radical (unpaired) electrons. The molecule has 2 aliphatic rings. The zero-order chi connectivity index (χ0) is 16.3. The van der Waals surface area contributed by atoms with E-state index in [-0.39, 0.29) is 26.0 Å². The Bertz CT molecular complexity index is 535. The van der Waals surface area contributed by atoms with E-state index < -0.39 is 42.2 Å². The third-order valence-electron chi connectivity index (χ3n) is 3.32. The molecule has 1 N–H and O–H groups in total. The first-order chi connectivity index (χ1) is 10.4. The third kappa shape index (κ3) is 3.19. The molecule has 0 bridgehead atoms. The minimum absolute atomic E-state index is 0.00886. The first-order valence-corrected chi connectivity index (χ1v) is 6.61. The zero-order valence-electron chi connectivity index (χ0n) is 11.6. The zero-order valence-corrected chi connectivity index (χ0v) is 11.6. The minimum Gasteiger partial charge on any atom is -0.480 e. The number of imide groups is 2. The summed E-state index contributed by atoms with van der Waals surface area (Å²) >= 11 is 0. The van der Waals surface area contributed by atoms with Crippen molar-refractivity contribution in [2.24, 2.45) is 0 Å². The Kier molecular flexibility index (Phi) is 4.66. The molecule has 0 aromatic carbocycles. The molecule has 1 fully saturated rings. The highest BCUT2D eigenvalue weighted by molar-refractivity contribution is 6.12. The lowest BCUT2D eigenvalue weighted by atomic mass is 10.3. The fourth-order valence-corrected chi connectivity index (χ4v) is 2.20. The molecule has 2 aliphatic heterocycles. The van der Waals surface area contributed by atoms with Gasteiger partial charge in [0.15, 0.2) is 6.04 Å².